The number of ether oxygens (including phenoxy) is 1. The summed E-state index contributed by atoms with van der Waals surface area (Å²) in [5.41, 5.74) is -0.747. The summed E-state index contributed by atoms with van der Waals surface area (Å²) in [5, 5.41) is 10.8. The third-order valence-electron chi connectivity index (χ3n) is 6.00. The third-order valence-corrected chi connectivity index (χ3v) is 6.00. The van der Waals surface area contributed by atoms with Crippen LogP contribution in [0.25, 0.3) is 0 Å². The van der Waals surface area contributed by atoms with Gasteiger partial charge in [-0.2, -0.15) is 0 Å². The second-order valence-electron chi connectivity index (χ2n) is 8.09. The second kappa shape index (κ2) is 5.01. The van der Waals surface area contributed by atoms with E-state index in [1.165, 1.54) is 13.3 Å². The molecular weight excluding hydrogens is 252 g/mol. The van der Waals surface area contributed by atoms with Crippen LogP contribution in [-0.2, 0) is 9.53 Å². The minimum absolute atomic E-state index is 0.210. The van der Waals surface area contributed by atoms with Crippen molar-refractivity contribution in [2.45, 2.75) is 84.3 Å². The van der Waals surface area contributed by atoms with Gasteiger partial charge in [0.25, 0.3) is 0 Å². The smallest absolute Gasteiger partial charge is 0.303 e. The Morgan fingerprint density at radius 1 is 1.25 bits per heavy atom. The number of hydrogen-bond acceptors (Lipinski definition) is 3. The number of carbonyl (C=O) groups is 1. The van der Waals surface area contributed by atoms with E-state index in [-0.39, 0.29) is 11.4 Å². The van der Waals surface area contributed by atoms with Crippen molar-refractivity contribution in [3.05, 3.63) is 0 Å². The largest absolute Gasteiger partial charge is 0.460 e. The van der Waals surface area contributed by atoms with Gasteiger partial charge in [-0.1, -0.05) is 13.3 Å². The maximum atomic E-state index is 11.3. The molecule has 0 aromatic rings. The van der Waals surface area contributed by atoms with Crippen molar-refractivity contribution in [1.29, 1.82) is 0 Å². The first-order chi connectivity index (χ1) is 9.07. The molecule has 0 heterocycles. The van der Waals surface area contributed by atoms with Gasteiger partial charge in [-0.05, 0) is 70.1 Å². The lowest BCUT2D eigenvalue weighted by molar-refractivity contribution is -0.172. The molecule has 3 nitrogen and oxygen atoms in total. The topological polar surface area (TPSA) is 46.5 Å². The molecule has 0 aromatic heterocycles. The Morgan fingerprint density at radius 3 is 2.50 bits per heavy atom. The Labute approximate surface area is 123 Å². The van der Waals surface area contributed by atoms with E-state index < -0.39 is 11.2 Å². The van der Waals surface area contributed by atoms with Crippen LogP contribution in [0.2, 0.25) is 0 Å². The highest BCUT2D eigenvalue weighted by molar-refractivity contribution is 5.66. The molecule has 0 aromatic carbocycles. The van der Waals surface area contributed by atoms with Crippen LogP contribution < -0.4 is 0 Å². The van der Waals surface area contributed by atoms with E-state index in [0.29, 0.717) is 11.8 Å². The van der Waals surface area contributed by atoms with Gasteiger partial charge in [-0.25, -0.2) is 0 Å². The molecule has 0 bridgehead atoms. The molecule has 116 valence electrons. The zero-order valence-electron chi connectivity index (χ0n) is 13.7. The van der Waals surface area contributed by atoms with Gasteiger partial charge in [-0.3, -0.25) is 4.79 Å². The molecule has 0 aliphatic heterocycles. The number of rotatable bonds is 2. The summed E-state index contributed by atoms with van der Waals surface area (Å²) in [6.45, 7) is 9.83. The van der Waals surface area contributed by atoms with Crippen LogP contribution in [0.3, 0.4) is 0 Å². The van der Waals surface area contributed by atoms with E-state index in [9.17, 15) is 9.90 Å². The minimum Gasteiger partial charge on any atom is -0.460 e. The van der Waals surface area contributed by atoms with E-state index in [4.69, 9.17) is 4.74 Å². The van der Waals surface area contributed by atoms with Crippen molar-refractivity contribution in [1.82, 2.24) is 0 Å². The van der Waals surface area contributed by atoms with E-state index >= 15 is 0 Å². The number of hydrogen-bond donors (Lipinski definition) is 1. The van der Waals surface area contributed by atoms with Crippen LogP contribution in [0, 0.1) is 17.3 Å². The molecule has 0 radical (unpaired) electrons. The maximum absolute atomic E-state index is 11.3. The fourth-order valence-corrected chi connectivity index (χ4v) is 4.78. The molecule has 0 spiro atoms. The quantitative estimate of drug-likeness (QED) is 0.786. The summed E-state index contributed by atoms with van der Waals surface area (Å²) in [4.78, 5) is 11.3. The number of carbonyl (C=O) groups excluding carboxylic acids is 1. The predicted octanol–water partition coefficient (Wildman–Crippen LogP) is 3.69. The Morgan fingerprint density at radius 2 is 1.90 bits per heavy atom. The summed E-state index contributed by atoms with van der Waals surface area (Å²) >= 11 is 0. The summed E-state index contributed by atoms with van der Waals surface area (Å²) in [5.74, 6) is 0.449. The van der Waals surface area contributed by atoms with E-state index in [0.717, 1.165) is 32.1 Å². The zero-order valence-corrected chi connectivity index (χ0v) is 13.7. The molecule has 2 saturated carbocycles. The molecule has 2 fully saturated rings. The second-order valence-corrected chi connectivity index (χ2v) is 8.09. The Bertz CT molecular complexity index is 386. The van der Waals surface area contributed by atoms with Gasteiger partial charge in [0.15, 0.2) is 0 Å². The lowest BCUT2D eigenvalue weighted by atomic mass is 9.52. The summed E-state index contributed by atoms with van der Waals surface area (Å²) in [6.07, 6.45) is 6.41. The van der Waals surface area contributed by atoms with Crippen molar-refractivity contribution in [3.63, 3.8) is 0 Å². The molecule has 2 aliphatic rings. The molecule has 0 amide bonds. The summed E-state index contributed by atoms with van der Waals surface area (Å²) < 4.78 is 5.54. The molecule has 1 N–H and O–H groups in total. The Balaban J connectivity index is 2.17. The standard InChI is InChI=1S/C17H30O3/c1-12(18)20-15(2,3)13-7-10-16(4)8-6-9-17(5,19)14(16)11-13/h13-14,19H,6-11H2,1-5H3/t13-,14-,16-,17+/m1/s1. The molecule has 20 heavy (non-hydrogen) atoms. The normalized spacial score (nSPS) is 41.9. The molecule has 2 aliphatic carbocycles. The highest BCUT2D eigenvalue weighted by Gasteiger charge is 2.53. The first kappa shape index (κ1) is 15.8. The fourth-order valence-electron chi connectivity index (χ4n) is 4.78. The monoisotopic (exact) mass is 282 g/mol. The van der Waals surface area contributed by atoms with Gasteiger partial charge in [0, 0.05) is 6.92 Å². The van der Waals surface area contributed by atoms with Gasteiger partial charge in [0.05, 0.1) is 5.60 Å². The first-order valence-electron chi connectivity index (χ1n) is 7.99. The lowest BCUT2D eigenvalue weighted by Gasteiger charge is -2.55. The van der Waals surface area contributed by atoms with Crippen LogP contribution in [0.5, 0.6) is 0 Å². The van der Waals surface area contributed by atoms with Gasteiger partial charge in [0.2, 0.25) is 0 Å². The molecule has 4 atom stereocenters. The van der Waals surface area contributed by atoms with Crippen LogP contribution in [0.15, 0.2) is 0 Å². The van der Waals surface area contributed by atoms with E-state index in [1.807, 2.05) is 20.8 Å². The highest BCUT2D eigenvalue weighted by Crippen LogP contribution is 2.56. The van der Waals surface area contributed by atoms with Crippen molar-refractivity contribution < 1.29 is 14.6 Å². The SMILES string of the molecule is CC(=O)OC(C)(C)[C@@H]1CC[C@@]2(C)CCC[C@](C)(O)[C@@H]2C1. The predicted molar refractivity (Wildman–Crippen MR) is 79.3 cm³/mol. The number of aliphatic hydroxyl groups is 1. The van der Waals surface area contributed by atoms with Crippen LogP contribution in [-0.4, -0.2) is 22.3 Å². The number of fused-ring (bicyclic) bond motifs is 1. The van der Waals surface area contributed by atoms with Crippen LogP contribution >= 0.6 is 0 Å². The molecule has 2 rings (SSSR count). The lowest BCUT2D eigenvalue weighted by Crippen LogP contribution is -2.54. The van der Waals surface area contributed by atoms with Gasteiger partial charge >= 0.3 is 5.97 Å². The van der Waals surface area contributed by atoms with Crippen molar-refractivity contribution >= 4 is 5.97 Å². The van der Waals surface area contributed by atoms with Gasteiger partial charge in [-0.15, -0.1) is 0 Å². The average molecular weight is 282 g/mol. The number of esters is 1. The van der Waals surface area contributed by atoms with Crippen molar-refractivity contribution in [3.8, 4) is 0 Å². The highest BCUT2D eigenvalue weighted by atomic mass is 16.6. The fraction of sp³-hybridized carbons (Fsp3) is 0.941. The summed E-state index contributed by atoms with van der Waals surface area (Å²) in [6, 6.07) is 0. The van der Waals surface area contributed by atoms with Crippen molar-refractivity contribution in [2.75, 3.05) is 0 Å². The third kappa shape index (κ3) is 2.88. The molecular formula is C17H30O3. The average Bonchev–Trinajstić information content (AvgIpc) is 2.25. The molecule has 3 heteroatoms. The zero-order chi connectivity index (χ0) is 15.2. The maximum Gasteiger partial charge on any atom is 0.303 e. The van der Waals surface area contributed by atoms with E-state index in [2.05, 4.69) is 6.92 Å². The summed E-state index contributed by atoms with van der Waals surface area (Å²) in [7, 11) is 0. The minimum atomic E-state index is -0.571. The van der Waals surface area contributed by atoms with E-state index in [1.54, 1.807) is 0 Å². The van der Waals surface area contributed by atoms with Crippen molar-refractivity contribution in [2.24, 2.45) is 17.3 Å². The van der Waals surface area contributed by atoms with Gasteiger partial charge in [0.1, 0.15) is 5.60 Å². The van der Waals surface area contributed by atoms with Gasteiger partial charge < -0.3 is 9.84 Å². The molecule has 0 unspecified atom stereocenters. The Kier molecular flexibility index (Phi) is 3.96. The Hall–Kier alpha value is -0.570. The van der Waals surface area contributed by atoms with Crippen LogP contribution in [0.4, 0.5) is 0 Å². The van der Waals surface area contributed by atoms with Crippen LogP contribution in [0.1, 0.15) is 73.1 Å². The first-order valence-corrected chi connectivity index (χ1v) is 7.99. The molecule has 0 saturated heterocycles.